The fourth-order valence-corrected chi connectivity index (χ4v) is 4.61. The lowest BCUT2D eigenvalue weighted by Crippen LogP contribution is -2.43. The van der Waals surface area contributed by atoms with Crippen molar-refractivity contribution in [3.05, 3.63) is 116 Å². The number of carbonyl (C=O) groups is 2. The quantitative estimate of drug-likeness (QED) is 0.210. The third-order valence-electron chi connectivity index (χ3n) is 6.49. The number of nitrogens with zero attached hydrogens (tertiary/aromatic N) is 2. The molecule has 1 aromatic heterocycles. The van der Waals surface area contributed by atoms with E-state index >= 15 is 0 Å². The van der Waals surface area contributed by atoms with Crippen LogP contribution in [0, 0.1) is 6.92 Å². The lowest BCUT2D eigenvalue weighted by atomic mass is 10.1. The van der Waals surface area contributed by atoms with Gasteiger partial charge in [-0.3, -0.25) is 14.4 Å². The number of carbonyl (C=O) groups excluding carboxylic acids is 2. The Kier molecular flexibility index (Phi) is 9.44. The van der Waals surface area contributed by atoms with Crippen LogP contribution in [0.3, 0.4) is 0 Å². The van der Waals surface area contributed by atoms with Crippen LogP contribution in [0.5, 0.6) is 0 Å². The van der Waals surface area contributed by atoms with Crippen molar-refractivity contribution >= 4 is 46.0 Å². The van der Waals surface area contributed by atoms with Gasteiger partial charge in [-0.05, 0) is 49.2 Å². The third-order valence-corrected chi connectivity index (χ3v) is 7.23. The van der Waals surface area contributed by atoms with Crippen molar-refractivity contribution in [2.24, 2.45) is 0 Å². The molecule has 0 aliphatic heterocycles. The Labute approximate surface area is 237 Å². The number of hydrogen-bond acceptors (Lipinski definition) is 4. The number of unbranched alkanes of at least 4 members (excludes halogenated alkanes) is 1. The molecule has 8 heteroatoms. The van der Waals surface area contributed by atoms with Crippen molar-refractivity contribution in [3.8, 4) is 0 Å². The van der Waals surface area contributed by atoms with Crippen molar-refractivity contribution in [1.29, 1.82) is 0 Å². The highest BCUT2D eigenvalue weighted by Gasteiger charge is 2.24. The van der Waals surface area contributed by atoms with Crippen molar-refractivity contribution in [2.45, 2.75) is 39.8 Å². The Morgan fingerprint density at radius 3 is 2.38 bits per heavy atom. The topological polar surface area (TPSA) is 70.8 Å². The molecule has 1 heterocycles. The molecule has 202 valence electrons. The van der Waals surface area contributed by atoms with Crippen LogP contribution in [0.2, 0.25) is 10.0 Å². The second kappa shape index (κ2) is 13.0. The van der Waals surface area contributed by atoms with E-state index in [0.717, 1.165) is 24.0 Å². The number of aryl methyl sites for hydroxylation is 1. The molecule has 3 aromatic carbocycles. The summed E-state index contributed by atoms with van der Waals surface area (Å²) in [4.78, 5) is 43.6. The van der Waals surface area contributed by atoms with Gasteiger partial charge in [-0.25, -0.2) is 0 Å². The highest BCUT2D eigenvalue weighted by atomic mass is 35.5. The average molecular weight is 565 g/mol. The van der Waals surface area contributed by atoms with Crippen molar-refractivity contribution < 1.29 is 14.0 Å². The van der Waals surface area contributed by atoms with Gasteiger partial charge in [0, 0.05) is 18.7 Å². The Bertz CT molecular complexity index is 1540. The van der Waals surface area contributed by atoms with Gasteiger partial charge >= 0.3 is 0 Å². The molecule has 0 unspecified atom stereocenters. The van der Waals surface area contributed by atoms with Gasteiger partial charge in [-0.15, -0.1) is 0 Å². The summed E-state index contributed by atoms with van der Waals surface area (Å²) in [6.07, 6.45) is 3.00. The van der Waals surface area contributed by atoms with E-state index in [2.05, 4.69) is 0 Å². The largest absolute Gasteiger partial charge is 0.464 e. The molecule has 0 spiro atoms. The Morgan fingerprint density at radius 2 is 1.67 bits per heavy atom. The van der Waals surface area contributed by atoms with Gasteiger partial charge in [-0.2, -0.15) is 0 Å². The standard InChI is InChI=1S/C31H30Cl2N2O4/c1-3-4-14-34(31(38)23-11-12-26(32)27(33)16-23)19-29(36)35(17-22-8-6-5-7-9-22)18-24-20-39-28-13-10-21(2)15-25(28)30(24)37/h5-13,15-16,20H,3-4,14,17-19H2,1-2H3. The first-order valence-corrected chi connectivity index (χ1v) is 13.6. The molecule has 0 saturated heterocycles. The van der Waals surface area contributed by atoms with Gasteiger partial charge < -0.3 is 14.2 Å². The molecular formula is C31H30Cl2N2O4. The Balaban J connectivity index is 1.64. The molecule has 0 fully saturated rings. The van der Waals surface area contributed by atoms with E-state index < -0.39 is 0 Å². The molecule has 4 aromatic rings. The summed E-state index contributed by atoms with van der Waals surface area (Å²) in [5.74, 6) is -0.595. The fraction of sp³-hybridized carbons (Fsp3) is 0.258. The summed E-state index contributed by atoms with van der Waals surface area (Å²) in [6.45, 7) is 4.50. The first-order valence-electron chi connectivity index (χ1n) is 12.8. The van der Waals surface area contributed by atoms with Gasteiger partial charge in [0.2, 0.25) is 5.91 Å². The van der Waals surface area contributed by atoms with Crippen LogP contribution in [0.15, 0.2) is 82.2 Å². The van der Waals surface area contributed by atoms with Crippen molar-refractivity contribution in [3.63, 3.8) is 0 Å². The van der Waals surface area contributed by atoms with Gasteiger partial charge in [0.15, 0.2) is 5.43 Å². The minimum atomic E-state index is -0.310. The summed E-state index contributed by atoms with van der Waals surface area (Å²) in [6, 6.07) is 19.6. The number of hydrogen-bond donors (Lipinski definition) is 0. The zero-order chi connectivity index (χ0) is 27.9. The van der Waals surface area contributed by atoms with E-state index in [1.54, 1.807) is 29.2 Å². The molecular weight excluding hydrogens is 535 g/mol. The van der Waals surface area contributed by atoms with Crippen LogP contribution in [0.25, 0.3) is 11.0 Å². The van der Waals surface area contributed by atoms with E-state index in [0.29, 0.717) is 33.7 Å². The SMILES string of the molecule is CCCCN(CC(=O)N(Cc1ccccc1)Cc1coc2ccc(C)cc2c1=O)C(=O)c1ccc(Cl)c(Cl)c1. The molecule has 2 amide bonds. The van der Waals surface area contributed by atoms with E-state index in [9.17, 15) is 14.4 Å². The molecule has 0 aliphatic carbocycles. The molecule has 0 aliphatic rings. The predicted octanol–water partition coefficient (Wildman–Crippen LogP) is 6.88. The van der Waals surface area contributed by atoms with Crippen molar-refractivity contribution in [1.82, 2.24) is 9.80 Å². The maximum atomic E-state index is 13.8. The normalized spacial score (nSPS) is 11.0. The van der Waals surface area contributed by atoms with E-state index in [1.165, 1.54) is 17.2 Å². The van der Waals surface area contributed by atoms with Crippen LogP contribution in [0.1, 0.15) is 46.8 Å². The minimum absolute atomic E-state index is 0.0442. The first kappa shape index (κ1) is 28.4. The predicted molar refractivity (Wildman–Crippen MR) is 155 cm³/mol. The molecule has 0 N–H and O–H groups in total. The highest BCUT2D eigenvalue weighted by molar-refractivity contribution is 6.42. The number of fused-ring (bicyclic) bond motifs is 1. The summed E-state index contributed by atoms with van der Waals surface area (Å²) in [5.41, 5.74) is 2.88. The molecule has 6 nitrogen and oxygen atoms in total. The van der Waals surface area contributed by atoms with Crippen LogP contribution in [-0.4, -0.2) is 34.7 Å². The lowest BCUT2D eigenvalue weighted by molar-refractivity contribution is -0.133. The Hall–Kier alpha value is -3.61. The number of halogens is 2. The maximum Gasteiger partial charge on any atom is 0.254 e. The zero-order valence-corrected chi connectivity index (χ0v) is 23.5. The third kappa shape index (κ3) is 7.08. The maximum absolute atomic E-state index is 13.8. The smallest absolute Gasteiger partial charge is 0.254 e. The molecule has 0 atom stereocenters. The van der Waals surface area contributed by atoms with E-state index in [-0.39, 0.29) is 41.9 Å². The molecule has 0 saturated carbocycles. The van der Waals surface area contributed by atoms with Crippen molar-refractivity contribution in [2.75, 3.05) is 13.1 Å². The fourth-order valence-electron chi connectivity index (χ4n) is 4.31. The van der Waals surface area contributed by atoms with Crippen LogP contribution < -0.4 is 5.43 Å². The van der Waals surface area contributed by atoms with Gasteiger partial charge in [-0.1, -0.05) is 78.5 Å². The summed E-state index contributed by atoms with van der Waals surface area (Å²) < 4.78 is 5.73. The van der Waals surface area contributed by atoms with Crippen LogP contribution in [-0.2, 0) is 17.9 Å². The van der Waals surface area contributed by atoms with Crippen LogP contribution >= 0.6 is 23.2 Å². The first-order chi connectivity index (χ1) is 18.8. The number of amides is 2. The van der Waals surface area contributed by atoms with Crippen LogP contribution in [0.4, 0.5) is 0 Å². The molecule has 0 bridgehead atoms. The summed E-state index contributed by atoms with van der Waals surface area (Å²) >= 11 is 12.2. The molecule has 39 heavy (non-hydrogen) atoms. The second-order valence-electron chi connectivity index (χ2n) is 9.53. The minimum Gasteiger partial charge on any atom is -0.464 e. The van der Waals surface area contributed by atoms with Gasteiger partial charge in [0.1, 0.15) is 12.1 Å². The summed E-state index contributed by atoms with van der Waals surface area (Å²) in [5, 5.41) is 1.09. The lowest BCUT2D eigenvalue weighted by Gasteiger charge is -2.28. The zero-order valence-electron chi connectivity index (χ0n) is 22.0. The van der Waals surface area contributed by atoms with Gasteiger partial charge in [0.25, 0.3) is 5.91 Å². The Morgan fingerprint density at radius 1 is 0.897 bits per heavy atom. The second-order valence-corrected chi connectivity index (χ2v) is 10.3. The average Bonchev–Trinajstić information content (AvgIpc) is 2.94. The molecule has 4 rings (SSSR count). The number of rotatable bonds is 10. The van der Waals surface area contributed by atoms with Gasteiger partial charge in [0.05, 0.1) is 33.8 Å². The van der Waals surface area contributed by atoms with E-state index in [1.807, 2.05) is 50.2 Å². The number of benzene rings is 3. The monoisotopic (exact) mass is 564 g/mol. The van der Waals surface area contributed by atoms with E-state index in [4.69, 9.17) is 27.6 Å². The molecule has 0 radical (unpaired) electrons. The summed E-state index contributed by atoms with van der Waals surface area (Å²) in [7, 11) is 0. The highest BCUT2D eigenvalue weighted by Crippen LogP contribution is 2.24.